The SMILES string of the molecule is c1ccc(N(c2ccc(-c3c4ccccc4cc4sc5ccccc5c34)cc2)c2ccc3ccccc3c2)cc1. The molecule has 0 saturated heterocycles. The number of hydrogen-bond donors (Lipinski definition) is 0. The maximum absolute atomic E-state index is 2.35. The van der Waals surface area contributed by atoms with E-state index in [2.05, 4.69) is 157 Å². The molecule has 0 bridgehead atoms. The van der Waals surface area contributed by atoms with Crippen molar-refractivity contribution in [3.8, 4) is 11.1 Å². The summed E-state index contributed by atoms with van der Waals surface area (Å²) in [5, 5.41) is 7.73. The molecule has 0 N–H and O–H groups in total. The number of para-hydroxylation sites is 1. The quantitative estimate of drug-likeness (QED) is 0.220. The highest BCUT2D eigenvalue weighted by Crippen LogP contribution is 2.45. The molecule has 7 aromatic carbocycles. The lowest BCUT2D eigenvalue weighted by atomic mass is 9.93. The van der Waals surface area contributed by atoms with Crippen LogP contribution in [0.2, 0.25) is 0 Å². The third kappa shape index (κ3) is 3.77. The van der Waals surface area contributed by atoms with Gasteiger partial charge in [-0.3, -0.25) is 0 Å². The molecular weight excluding hydrogens is 502 g/mol. The van der Waals surface area contributed by atoms with Gasteiger partial charge in [0.15, 0.2) is 0 Å². The summed E-state index contributed by atoms with van der Waals surface area (Å²) in [6, 6.07) is 54.9. The first-order chi connectivity index (χ1) is 19.8. The van der Waals surface area contributed by atoms with E-state index in [1.165, 1.54) is 52.8 Å². The average Bonchev–Trinajstić information content (AvgIpc) is 3.39. The normalized spacial score (nSPS) is 11.5. The summed E-state index contributed by atoms with van der Waals surface area (Å²) in [5.74, 6) is 0. The zero-order valence-corrected chi connectivity index (χ0v) is 22.6. The fourth-order valence-electron chi connectivity index (χ4n) is 5.97. The van der Waals surface area contributed by atoms with Gasteiger partial charge >= 0.3 is 0 Å². The molecule has 0 unspecified atom stereocenters. The molecule has 40 heavy (non-hydrogen) atoms. The van der Waals surface area contributed by atoms with Gasteiger partial charge in [0.05, 0.1) is 0 Å². The first kappa shape index (κ1) is 23.0. The summed E-state index contributed by atoms with van der Waals surface area (Å²) in [6.45, 7) is 0. The molecule has 0 radical (unpaired) electrons. The second-order valence-corrected chi connectivity index (χ2v) is 11.3. The van der Waals surface area contributed by atoms with Crippen molar-refractivity contribution >= 4 is 70.1 Å². The van der Waals surface area contributed by atoms with Gasteiger partial charge in [-0.2, -0.15) is 0 Å². The molecule has 0 spiro atoms. The van der Waals surface area contributed by atoms with Crippen LogP contribution in [0.5, 0.6) is 0 Å². The van der Waals surface area contributed by atoms with E-state index >= 15 is 0 Å². The minimum Gasteiger partial charge on any atom is -0.310 e. The van der Waals surface area contributed by atoms with Gasteiger partial charge in [-0.1, -0.05) is 103 Å². The van der Waals surface area contributed by atoms with Crippen molar-refractivity contribution in [3.05, 3.63) is 152 Å². The Kier molecular flexibility index (Phi) is 5.39. The highest BCUT2D eigenvalue weighted by molar-refractivity contribution is 7.26. The zero-order chi connectivity index (χ0) is 26.5. The van der Waals surface area contributed by atoms with Crippen molar-refractivity contribution < 1.29 is 0 Å². The molecule has 2 heteroatoms. The van der Waals surface area contributed by atoms with Gasteiger partial charge in [-0.05, 0) is 81.2 Å². The molecule has 1 nitrogen and oxygen atoms in total. The second-order valence-electron chi connectivity index (χ2n) is 10.2. The minimum atomic E-state index is 1.14. The monoisotopic (exact) mass is 527 g/mol. The third-order valence-corrected chi connectivity index (χ3v) is 8.93. The Morgan fingerprint density at radius 2 is 1.02 bits per heavy atom. The molecule has 0 aliphatic rings. The Balaban J connectivity index is 1.32. The van der Waals surface area contributed by atoms with Crippen molar-refractivity contribution in [2.24, 2.45) is 0 Å². The lowest BCUT2D eigenvalue weighted by molar-refractivity contribution is 1.29. The van der Waals surface area contributed by atoms with E-state index in [4.69, 9.17) is 0 Å². The third-order valence-electron chi connectivity index (χ3n) is 7.81. The topological polar surface area (TPSA) is 3.24 Å². The number of benzene rings is 7. The van der Waals surface area contributed by atoms with Crippen molar-refractivity contribution in [1.82, 2.24) is 0 Å². The first-order valence-electron chi connectivity index (χ1n) is 13.6. The van der Waals surface area contributed by atoms with E-state index in [1.807, 2.05) is 11.3 Å². The van der Waals surface area contributed by atoms with Crippen molar-refractivity contribution in [3.63, 3.8) is 0 Å². The van der Waals surface area contributed by atoms with Gasteiger partial charge in [0.25, 0.3) is 0 Å². The van der Waals surface area contributed by atoms with Crippen molar-refractivity contribution in [2.45, 2.75) is 0 Å². The largest absolute Gasteiger partial charge is 0.310 e. The highest BCUT2D eigenvalue weighted by Gasteiger charge is 2.17. The fourth-order valence-corrected chi connectivity index (χ4v) is 7.13. The van der Waals surface area contributed by atoms with Crippen LogP contribution in [-0.4, -0.2) is 0 Å². The molecular formula is C38H25NS. The van der Waals surface area contributed by atoms with Gasteiger partial charge in [0, 0.05) is 37.2 Å². The summed E-state index contributed by atoms with van der Waals surface area (Å²) in [6.07, 6.45) is 0. The van der Waals surface area contributed by atoms with Gasteiger partial charge in [-0.25, -0.2) is 0 Å². The predicted molar refractivity (Wildman–Crippen MR) is 174 cm³/mol. The van der Waals surface area contributed by atoms with Crippen LogP contribution in [0.15, 0.2) is 152 Å². The van der Waals surface area contributed by atoms with Crippen LogP contribution in [0.1, 0.15) is 0 Å². The molecule has 1 aromatic heterocycles. The molecule has 8 rings (SSSR count). The molecule has 0 saturated carbocycles. The molecule has 8 aromatic rings. The van der Waals surface area contributed by atoms with Crippen molar-refractivity contribution in [2.75, 3.05) is 4.90 Å². The van der Waals surface area contributed by atoms with E-state index in [0.29, 0.717) is 0 Å². The van der Waals surface area contributed by atoms with Gasteiger partial charge in [-0.15, -0.1) is 11.3 Å². The number of fused-ring (bicyclic) bond motifs is 5. The molecule has 188 valence electrons. The summed E-state index contributed by atoms with van der Waals surface area (Å²) in [4.78, 5) is 2.34. The number of nitrogens with zero attached hydrogens (tertiary/aromatic N) is 1. The van der Waals surface area contributed by atoms with Crippen LogP contribution in [-0.2, 0) is 0 Å². The Morgan fingerprint density at radius 1 is 0.400 bits per heavy atom. The van der Waals surface area contributed by atoms with Gasteiger partial charge in [0.1, 0.15) is 0 Å². The predicted octanol–water partition coefficient (Wildman–Crippen LogP) is 11.5. The maximum atomic E-state index is 2.35. The van der Waals surface area contributed by atoms with Crippen LogP contribution in [0.3, 0.4) is 0 Å². The zero-order valence-electron chi connectivity index (χ0n) is 21.8. The minimum absolute atomic E-state index is 1.14. The van der Waals surface area contributed by atoms with E-state index in [9.17, 15) is 0 Å². The number of anilines is 3. The van der Waals surface area contributed by atoms with Crippen molar-refractivity contribution in [1.29, 1.82) is 0 Å². The standard InChI is InChI=1S/C38H25NS/c1-2-13-30(14-3-1)39(32-23-18-26-10-4-5-11-28(26)24-32)31-21-19-27(20-22-31)37-33-15-7-6-12-29(33)25-36-38(37)34-16-8-9-17-35(34)40-36/h1-25H. The maximum Gasteiger partial charge on any atom is 0.0468 e. The second kappa shape index (κ2) is 9.37. The Labute approximate surface area is 237 Å². The van der Waals surface area contributed by atoms with E-state index < -0.39 is 0 Å². The van der Waals surface area contributed by atoms with E-state index in [1.54, 1.807) is 0 Å². The Bertz CT molecular complexity index is 2160. The summed E-state index contributed by atoms with van der Waals surface area (Å²) < 4.78 is 2.67. The van der Waals surface area contributed by atoms with Crippen LogP contribution in [0, 0.1) is 0 Å². The Hall–Kier alpha value is -4.92. The number of hydrogen-bond acceptors (Lipinski definition) is 2. The summed E-state index contributed by atoms with van der Waals surface area (Å²) >= 11 is 1.88. The lowest BCUT2D eigenvalue weighted by Crippen LogP contribution is -2.09. The van der Waals surface area contributed by atoms with Gasteiger partial charge < -0.3 is 4.90 Å². The first-order valence-corrected chi connectivity index (χ1v) is 14.4. The summed E-state index contributed by atoms with van der Waals surface area (Å²) in [5.41, 5.74) is 5.97. The molecule has 0 aliphatic carbocycles. The van der Waals surface area contributed by atoms with Crippen LogP contribution < -0.4 is 4.90 Å². The average molecular weight is 528 g/mol. The lowest BCUT2D eigenvalue weighted by Gasteiger charge is -2.26. The molecule has 0 aliphatic heterocycles. The summed E-state index contributed by atoms with van der Waals surface area (Å²) in [7, 11) is 0. The molecule has 0 fully saturated rings. The van der Waals surface area contributed by atoms with Crippen LogP contribution in [0.25, 0.3) is 52.8 Å². The Morgan fingerprint density at radius 3 is 1.85 bits per heavy atom. The molecule has 0 atom stereocenters. The van der Waals surface area contributed by atoms with E-state index in [0.717, 1.165) is 17.1 Å². The van der Waals surface area contributed by atoms with Crippen LogP contribution >= 0.6 is 11.3 Å². The van der Waals surface area contributed by atoms with Gasteiger partial charge in [0.2, 0.25) is 0 Å². The van der Waals surface area contributed by atoms with Crippen LogP contribution in [0.4, 0.5) is 17.1 Å². The smallest absolute Gasteiger partial charge is 0.0468 e. The molecule has 0 amide bonds. The fraction of sp³-hybridized carbons (Fsp3) is 0. The van der Waals surface area contributed by atoms with E-state index in [-0.39, 0.29) is 0 Å². The number of thiophene rings is 1. The highest BCUT2D eigenvalue weighted by atomic mass is 32.1. The molecule has 1 heterocycles. The number of rotatable bonds is 4.